The van der Waals surface area contributed by atoms with E-state index in [9.17, 15) is 8.42 Å². The van der Waals surface area contributed by atoms with E-state index in [0.717, 1.165) is 27.9 Å². The SMILES string of the molecule is [2H]c1c([2H])c([2H])c(-c2ccc(-c3ccc(-c4ccc5c6c4S(=O)(=O)c4ccccc4-[n+]6cn5-c4ccccc4)cc3)cc2)c([2H])c1[2H]. The third kappa shape index (κ3) is 3.75. The van der Waals surface area contributed by atoms with Gasteiger partial charge in [-0.3, -0.25) is 0 Å². The van der Waals surface area contributed by atoms with Crippen LogP contribution in [0.5, 0.6) is 0 Å². The molecule has 1 aliphatic rings. The zero-order valence-electron chi connectivity index (χ0n) is 27.2. The molecule has 2 heterocycles. The van der Waals surface area contributed by atoms with Gasteiger partial charge in [-0.1, -0.05) is 109 Å². The zero-order chi connectivity index (χ0) is 32.6. The lowest BCUT2D eigenvalue weighted by atomic mass is 9.98. The highest BCUT2D eigenvalue weighted by Crippen LogP contribution is 2.41. The van der Waals surface area contributed by atoms with Crippen LogP contribution in [0.1, 0.15) is 6.85 Å². The number of sulfone groups is 1. The summed E-state index contributed by atoms with van der Waals surface area (Å²) in [4.78, 5) is 0.520. The second-order valence-electron chi connectivity index (χ2n) is 10.1. The predicted octanol–water partition coefficient (Wildman–Crippen LogP) is 8.05. The lowest BCUT2D eigenvalue weighted by molar-refractivity contribution is -0.572. The summed E-state index contributed by atoms with van der Waals surface area (Å²) in [6, 6.07) is 34.0. The summed E-state index contributed by atoms with van der Waals surface area (Å²) >= 11 is 0. The molecule has 4 nitrogen and oxygen atoms in total. The summed E-state index contributed by atoms with van der Waals surface area (Å²) < 4.78 is 73.0. The van der Waals surface area contributed by atoms with E-state index in [1.165, 1.54) is 0 Å². The van der Waals surface area contributed by atoms with Crippen LogP contribution in [0, 0.1) is 0 Å². The van der Waals surface area contributed by atoms with Crippen molar-refractivity contribution in [1.29, 1.82) is 0 Å². The molecule has 0 amide bonds. The molecule has 5 heteroatoms. The molecule has 0 fully saturated rings. The Balaban J connectivity index is 1.23. The minimum Gasteiger partial charge on any atom is -0.218 e. The Morgan fingerprint density at radius 2 is 1.19 bits per heavy atom. The Hall–Kier alpha value is -5.26. The van der Waals surface area contributed by atoms with Gasteiger partial charge in [0, 0.05) is 5.56 Å². The first-order chi connectivity index (χ1) is 22.7. The number of aromatic nitrogens is 2. The van der Waals surface area contributed by atoms with Crippen LogP contribution in [-0.2, 0) is 9.84 Å². The zero-order valence-corrected chi connectivity index (χ0v) is 23.0. The molecule has 6 aromatic carbocycles. The molecule has 8 rings (SSSR count). The van der Waals surface area contributed by atoms with E-state index >= 15 is 0 Å². The molecule has 1 aliphatic heterocycles. The van der Waals surface area contributed by atoms with Gasteiger partial charge in [-0.2, -0.15) is 9.13 Å². The maximum atomic E-state index is 14.3. The van der Waals surface area contributed by atoms with Gasteiger partial charge in [0.05, 0.1) is 6.85 Å². The third-order valence-electron chi connectivity index (χ3n) is 7.76. The topological polar surface area (TPSA) is 43.0 Å². The standard InChI is InChI=1S/C37H25N2O2S/c40-42(41)35-14-8-7-13-33(35)39-25-38(31-11-5-2-6-12-31)34-24-23-32(37(42)36(34)39)30-21-19-29(20-22-30)28-17-15-27(16-18-28)26-9-3-1-4-10-26/h1-25H/q+1/i1D,3D,4D,9D,10D. The van der Waals surface area contributed by atoms with Crippen molar-refractivity contribution in [3.8, 4) is 44.8 Å². The summed E-state index contributed by atoms with van der Waals surface area (Å²) in [5, 5.41) is 0. The van der Waals surface area contributed by atoms with Crippen molar-refractivity contribution in [1.82, 2.24) is 4.57 Å². The molecule has 0 N–H and O–H groups in total. The summed E-state index contributed by atoms with van der Waals surface area (Å²) in [7, 11) is -3.87. The second kappa shape index (κ2) is 9.40. The summed E-state index contributed by atoms with van der Waals surface area (Å²) in [5.74, 6) is 0. The van der Waals surface area contributed by atoms with E-state index in [1.54, 1.807) is 24.3 Å². The van der Waals surface area contributed by atoms with Gasteiger partial charge in [0.25, 0.3) is 6.33 Å². The quantitative estimate of drug-likeness (QED) is 0.202. The minimum atomic E-state index is -3.87. The Morgan fingerprint density at radius 3 is 1.88 bits per heavy atom. The largest absolute Gasteiger partial charge is 0.255 e. The Kier molecular flexibility index (Phi) is 4.42. The summed E-state index contributed by atoms with van der Waals surface area (Å²) in [6.07, 6.45) is 1.94. The number of nitrogens with zero attached hydrogens (tertiary/aromatic N) is 2. The van der Waals surface area contributed by atoms with Gasteiger partial charge in [0.15, 0.2) is 16.7 Å². The average molecular weight is 567 g/mol. The van der Waals surface area contributed by atoms with Gasteiger partial charge >= 0.3 is 0 Å². The average Bonchev–Trinajstić information content (AvgIpc) is 3.50. The number of rotatable bonds is 4. The number of imidazole rings is 1. The van der Waals surface area contributed by atoms with E-state index < -0.39 is 15.9 Å². The maximum absolute atomic E-state index is 14.3. The molecule has 0 unspecified atom stereocenters. The van der Waals surface area contributed by atoms with Crippen LogP contribution in [0.2, 0.25) is 0 Å². The molecule has 0 radical (unpaired) electrons. The number of para-hydroxylation sites is 2. The molecule has 0 spiro atoms. The van der Waals surface area contributed by atoms with Gasteiger partial charge in [0.2, 0.25) is 9.84 Å². The monoisotopic (exact) mass is 566 g/mol. The van der Waals surface area contributed by atoms with Crippen LogP contribution in [0.15, 0.2) is 162 Å². The number of hydrogen-bond acceptors (Lipinski definition) is 2. The predicted molar refractivity (Wildman–Crippen MR) is 167 cm³/mol. The minimum absolute atomic E-state index is 0.156. The normalized spacial score (nSPS) is 14.8. The Morgan fingerprint density at radius 1 is 0.595 bits per heavy atom. The van der Waals surface area contributed by atoms with Crippen molar-refractivity contribution in [2.45, 2.75) is 9.79 Å². The van der Waals surface area contributed by atoms with Crippen molar-refractivity contribution in [2.75, 3.05) is 0 Å². The van der Waals surface area contributed by atoms with Gasteiger partial charge in [-0.15, -0.1) is 0 Å². The molecular weight excluding hydrogens is 536 g/mol. The van der Waals surface area contributed by atoms with Gasteiger partial charge in [-0.05, 0) is 64.2 Å². The second-order valence-corrected chi connectivity index (χ2v) is 12.0. The fraction of sp³-hybridized carbons (Fsp3) is 0. The highest BCUT2D eigenvalue weighted by molar-refractivity contribution is 7.92. The molecule has 0 aliphatic carbocycles. The van der Waals surface area contributed by atoms with Crippen LogP contribution in [-0.4, -0.2) is 13.0 Å². The fourth-order valence-electron chi connectivity index (χ4n) is 5.76. The van der Waals surface area contributed by atoms with Crippen LogP contribution >= 0.6 is 0 Å². The highest BCUT2D eigenvalue weighted by atomic mass is 32.2. The van der Waals surface area contributed by atoms with Crippen LogP contribution in [0.4, 0.5) is 0 Å². The molecule has 1 aromatic heterocycles. The molecule has 7 aromatic rings. The highest BCUT2D eigenvalue weighted by Gasteiger charge is 2.39. The maximum Gasteiger partial charge on any atom is 0.255 e. The van der Waals surface area contributed by atoms with Crippen molar-refractivity contribution < 1.29 is 19.8 Å². The van der Waals surface area contributed by atoms with Crippen LogP contribution in [0.3, 0.4) is 0 Å². The van der Waals surface area contributed by atoms with Crippen molar-refractivity contribution in [3.05, 3.63) is 152 Å². The molecule has 42 heavy (non-hydrogen) atoms. The Labute approximate surface area is 251 Å². The van der Waals surface area contributed by atoms with E-state index in [0.29, 0.717) is 22.3 Å². The lowest BCUT2D eigenvalue weighted by Crippen LogP contribution is -2.36. The number of fused-ring (bicyclic) bond motifs is 2. The first kappa shape index (κ1) is 19.8. The van der Waals surface area contributed by atoms with Crippen LogP contribution < -0.4 is 4.57 Å². The van der Waals surface area contributed by atoms with Crippen molar-refractivity contribution >= 4 is 20.9 Å². The van der Waals surface area contributed by atoms with Gasteiger partial charge in [-0.25, -0.2) is 8.42 Å². The molecule has 0 saturated heterocycles. The molecule has 0 bridgehead atoms. The fourth-order valence-corrected chi connectivity index (χ4v) is 7.61. The summed E-state index contributed by atoms with van der Waals surface area (Å²) in [6.45, 7) is 0. The first-order valence-electron chi connectivity index (χ1n) is 15.9. The smallest absolute Gasteiger partial charge is 0.218 e. The van der Waals surface area contributed by atoms with Crippen molar-refractivity contribution in [2.24, 2.45) is 0 Å². The van der Waals surface area contributed by atoms with E-state index in [1.807, 2.05) is 106 Å². The molecule has 0 saturated carbocycles. The molecule has 200 valence electrons. The number of benzene rings is 6. The molecular formula is C37H25N2O2S+. The van der Waals surface area contributed by atoms with E-state index in [4.69, 9.17) is 6.85 Å². The van der Waals surface area contributed by atoms with Crippen molar-refractivity contribution in [3.63, 3.8) is 0 Å². The lowest BCUT2D eigenvalue weighted by Gasteiger charge is -2.17. The third-order valence-corrected chi connectivity index (χ3v) is 9.64. The number of hydrogen-bond donors (Lipinski definition) is 0. The Bertz CT molecular complexity index is 2480. The van der Waals surface area contributed by atoms with Gasteiger partial charge < -0.3 is 0 Å². The van der Waals surface area contributed by atoms with Crippen LogP contribution in [0.25, 0.3) is 55.8 Å². The van der Waals surface area contributed by atoms with E-state index in [2.05, 4.69) is 0 Å². The van der Waals surface area contributed by atoms with Gasteiger partial charge in [0.1, 0.15) is 15.5 Å². The molecule has 0 atom stereocenters. The first-order valence-corrected chi connectivity index (χ1v) is 14.9. The summed E-state index contributed by atoms with van der Waals surface area (Å²) in [5.41, 5.74) is 6.73. The van der Waals surface area contributed by atoms with E-state index in [-0.39, 0.29) is 39.5 Å².